The summed E-state index contributed by atoms with van der Waals surface area (Å²) in [4.78, 5) is 15.1. The predicted molar refractivity (Wildman–Crippen MR) is 131 cm³/mol. The van der Waals surface area contributed by atoms with E-state index in [0.717, 1.165) is 45.6 Å². The van der Waals surface area contributed by atoms with E-state index >= 15 is 0 Å². The van der Waals surface area contributed by atoms with Gasteiger partial charge in [0.25, 0.3) is 5.91 Å². The monoisotopic (exact) mass is 458 g/mol. The lowest BCUT2D eigenvalue weighted by Crippen LogP contribution is -2.39. The number of likely N-dealkylation sites (tertiary alicyclic amines) is 1. The highest BCUT2D eigenvalue weighted by Gasteiger charge is 2.21. The smallest absolute Gasteiger partial charge is 0.255 e. The molecule has 1 fully saturated rings. The molecule has 0 saturated carbocycles. The van der Waals surface area contributed by atoms with Crippen LogP contribution in [0.15, 0.2) is 42.5 Å². The third kappa shape index (κ3) is 7.40. The summed E-state index contributed by atoms with van der Waals surface area (Å²) in [5, 5.41) is 6.92. The van der Waals surface area contributed by atoms with Crippen LogP contribution in [0.5, 0.6) is 5.75 Å². The van der Waals surface area contributed by atoms with Crippen molar-refractivity contribution in [1.82, 2.24) is 15.5 Å². The maximum Gasteiger partial charge on any atom is 0.255 e. The van der Waals surface area contributed by atoms with Crippen LogP contribution in [0.1, 0.15) is 41.6 Å². The Balaban J connectivity index is 1.29. The van der Waals surface area contributed by atoms with E-state index in [1.807, 2.05) is 6.07 Å². The molecule has 0 atom stereocenters. The Morgan fingerprint density at radius 3 is 2.66 bits per heavy atom. The number of nitrogen functional groups attached to an aromatic ring is 1. The maximum absolute atomic E-state index is 12.6. The van der Waals surface area contributed by atoms with Gasteiger partial charge >= 0.3 is 0 Å². The second-order valence-electron chi connectivity index (χ2n) is 8.44. The average molecular weight is 459 g/mol. The minimum atomic E-state index is -0.172. The first-order chi connectivity index (χ1) is 15.6. The Morgan fingerprint density at radius 1 is 1.19 bits per heavy atom. The standard InChI is InChI=1S/C25H35ClN4O2/c1-32-24-16-23(27)22(26)15-21(24)25(31)29-18-20-9-13-30(14-10-20)12-6-5-11-28-17-19-7-3-2-4-8-19/h2-4,7-8,15-16,20,28H,5-6,9-14,17-18,27H2,1H3,(H,29,31). The van der Waals surface area contributed by atoms with Gasteiger partial charge in [-0.15, -0.1) is 0 Å². The molecule has 7 heteroatoms. The number of benzene rings is 2. The highest BCUT2D eigenvalue weighted by atomic mass is 35.5. The first kappa shape index (κ1) is 24.4. The number of unbranched alkanes of at least 4 members (excludes halogenated alkanes) is 1. The molecule has 2 aromatic rings. The number of nitrogens with one attached hydrogen (secondary N) is 2. The third-order valence-corrected chi connectivity index (χ3v) is 6.40. The van der Waals surface area contributed by atoms with Crippen molar-refractivity contribution in [1.29, 1.82) is 0 Å². The van der Waals surface area contributed by atoms with Crippen LogP contribution in [0.4, 0.5) is 5.69 Å². The molecular weight excluding hydrogens is 424 g/mol. The Labute approximate surface area is 196 Å². The number of methoxy groups -OCH3 is 1. The Hall–Kier alpha value is -2.28. The summed E-state index contributed by atoms with van der Waals surface area (Å²) in [5.41, 5.74) is 7.96. The van der Waals surface area contributed by atoms with Crippen molar-refractivity contribution < 1.29 is 9.53 Å². The first-order valence-corrected chi connectivity index (χ1v) is 11.8. The molecule has 1 amide bonds. The lowest BCUT2D eigenvalue weighted by atomic mass is 9.96. The van der Waals surface area contributed by atoms with Gasteiger partial charge in [0.15, 0.2) is 0 Å². The minimum Gasteiger partial charge on any atom is -0.496 e. The predicted octanol–water partition coefficient (Wildman–Crippen LogP) is 3.94. The first-order valence-electron chi connectivity index (χ1n) is 11.4. The number of halogens is 1. The number of amides is 1. The molecule has 1 heterocycles. The van der Waals surface area contributed by atoms with Crippen LogP contribution in [0.2, 0.25) is 5.02 Å². The van der Waals surface area contributed by atoms with E-state index in [4.69, 9.17) is 22.1 Å². The zero-order valence-corrected chi connectivity index (χ0v) is 19.7. The zero-order valence-electron chi connectivity index (χ0n) is 18.9. The van der Waals surface area contributed by atoms with E-state index in [-0.39, 0.29) is 5.91 Å². The minimum absolute atomic E-state index is 0.172. The lowest BCUT2D eigenvalue weighted by Gasteiger charge is -2.32. The van der Waals surface area contributed by atoms with Gasteiger partial charge in [0.1, 0.15) is 5.75 Å². The summed E-state index contributed by atoms with van der Waals surface area (Å²) in [6.45, 7) is 5.99. The largest absolute Gasteiger partial charge is 0.496 e. The third-order valence-electron chi connectivity index (χ3n) is 6.07. The van der Waals surface area contributed by atoms with Crippen molar-refractivity contribution in [3.8, 4) is 5.75 Å². The molecule has 3 rings (SSSR count). The fourth-order valence-electron chi connectivity index (χ4n) is 4.08. The number of rotatable bonds is 11. The Morgan fingerprint density at radius 2 is 1.94 bits per heavy atom. The SMILES string of the molecule is COc1cc(N)c(Cl)cc1C(=O)NCC1CCN(CCCCNCc2ccccc2)CC1. The molecule has 32 heavy (non-hydrogen) atoms. The molecule has 4 N–H and O–H groups in total. The van der Waals surface area contributed by atoms with Crippen molar-refractivity contribution in [2.24, 2.45) is 5.92 Å². The molecule has 1 aliphatic heterocycles. The van der Waals surface area contributed by atoms with Gasteiger partial charge in [-0.2, -0.15) is 0 Å². The second kappa shape index (κ2) is 12.7. The number of carbonyl (C=O) groups is 1. The van der Waals surface area contributed by atoms with Crippen LogP contribution in [-0.4, -0.2) is 50.6 Å². The number of hydrogen-bond donors (Lipinski definition) is 3. The van der Waals surface area contributed by atoms with Crippen molar-refractivity contribution in [3.05, 3.63) is 58.6 Å². The van der Waals surface area contributed by atoms with E-state index in [9.17, 15) is 4.79 Å². The number of nitrogens with zero attached hydrogens (tertiary/aromatic N) is 1. The van der Waals surface area contributed by atoms with Gasteiger partial charge in [-0.3, -0.25) is 4.79 Å². The van der Waals surface area contributed by atoms with E-state index in [1.165, 1.54) is 25.5 Å². The van der Waals surface area contributed by atoms with Gasteiger partial charge in [-0.25, -0.2) is 0 Å². The molecule has 6 nitrogen and oxygen atoms in total. The van der Waals surface area contributed by atoms with Crippen LogP contribution in [0.3, 0.4) is 0 Å². The van der Waals surface area contributed by atoms with Crippen molar-refractivity contribution in [2.75, 3.05) is 45.6 Å². The molecule has 0 aliphatic carbocycles. The fourth-order valence-corrected chi connectivity index (χ4v) is 4.24. The summed E-state index contributed by atoms with van der Waals surface area (Å²) < 4.78 is 5.28. The summed E-state index contributed by atoms with van der Waals surface area (Å²) in [6.07, 6.45) is 4.61. The van der Waals surface area contributed by atoms with Gasteiger partial charge in [-0.1, -0.05) is 41.9 Å². The summed E-state index contributed by atoms with van der Waals surface area (Å²) in [5.74, 6) is 0.768. The zero-order chi connectivity index (χ0) is 22.8. The van der Waals surface area contributed by atoms with Gasteiger partial charge in [0.05, 0.1) is 23.4 Å². The molecule has 2 aromatic carbocycles. The topological polar surface area (TPSA) is 79.6 Å². The van der Waals surface area contributed by atoms with Crippen LogP contribution in [-0.2, 0) is 6.54 Å². The van der Waals surface area contributed by atoms with E-state index in [2.05, 4.69) is 39.8 Å². The fraction of sp³-hybridized carbons (Fsp3) is 0.480. The van der Waals surface area contributed by atoms with Crippen molar-refractivity contribution in [2.45, 2.75) is 32.2 Å². The maximum atomic E-state index is 12.6. The van der Waals surface area contributed by atoms with Gasteiger partial charge < -0.3 is 26.0 Å². The molecule has 0 bridgehead atoms. The summed E-state index contributed by atoms with van der Waals surface area (Å²) in [6, 6.07) is 13.7. The summed E-state index contributed by atoms with van der Waals surface area (Å²) in [7, 11) is 1.52. The van der Waals surface area contributed by atoms with Gasteiger partial charge in [-0.05, 0) is 69.4 Å². The van der Waals surface area contributed by atoms with Crippen molar-refractivity contribution >= 4 is 23.2 Å². The molecule has 0 unspecified atom stereocenters. The van der Waals surface area contributed by atoms with E-state index in [0.29, 0.717) is 34.5 Å². The van der Waals surface area contributed by atoms with Crippen LogP contribution < -0.4 is 21.1 Å². The van der Waals surface area contributed by atoms with Crippen LogP contribution in [0.25, 0.3) is 0 Å². The van der Waals surface area contributed by atoms with Crippen LogP contribution >= 0.6 is 11.6 Å². The molecule has 174 valence electrons. The highest BCUT2D eigenvalue weighted by Crippen LogP contribution is 2.29. The number of nitrogens with two attached hydrogens (primary N) is 1. The molecule has 1 saturated heterocycles. The number of piperidine rings is 1. The van der Waals surface area contributed by atoms with Gasteiger partial charge in [0, 0.05) is 19.2 Å². The Bertz CT molecular complexity index is 855. The summed E-state index contributed by atoms with van der Waals surface area (Å²) >= 11 is 6.08. The van der Waals surface area contributed by atoms with E-state index in [1.54, 1.807) is 12.1 Å². The Kier molecular flexibility index (Phi) is 9.65. The molecule has 0 spiro atoms. The number of anilines is 1. The van der Waals surface area contributed by atoms with Crippen LogP contribution in [0, 0.1) is 5.92 Å². The molecule has 0 radical (unpaired) electrons. The molecule has 1 aliphatic rings. The average Bonchev–Trinajstić information content (AvgIpc) is 2.82. The quantitative estimate of drug-likeness (QED) is 0.351. The normalized spacial score (nSPS) is 14.9. The van der Waals surface area contributed by atoms with Crippen molar-refractivity contribution in [3.63, 3.8) is 0 Å². The number of hydrogen-bond acceptors (Lipinski definition) is 5. The number of carbonyl (C=O) groups excluding carboxylic acids is 1. The second-order valence-corrected chi connectivity index (χ2v) is 8.85. The highest BCUT2D eigenvalue weighted by molar-refractivity contribution is 6.33. The van der Waals surface area contributed by atoms with E-state index < -0.39 is 0 Å². The number of ether oxygens (including phenoxy) is 1. The lowest BCUT2D eigenvalue weighted by molar-refractivity contribution is 0.0933. The molecule has 0 aromatic heterocycles. The van der Waals surface area contributed by atoms with Gasteiger partial charge in [0.2, 0.25) is 0 Å². The molecular formula is C25H35ClN4O2.